The van der Waals surface area contributed by atoms with E-state index in [9.17, 15) is 9.90 Å². The summed E-state index contributed by atoms with van der Waals surface area (Å²) in [6, 6.07) is 6.72. The van der Waals surface area contributed by atoms with Crippen LogP contribution in [0.3, 0.4) is 0 Å². The van der Waals surface area contributed by atoms with Gasteiger partial charge in [0.15, 0.2) is 0 Å². The molecule has 0 spiro atoms. The lowest BCUT2D eigenvalue weighted by Gasteiger charge is -2.42. The molecule has 0 fully saturated rings. The van der Waals surface area contributed by atoms with E-state index in [2.05, 4.69) is 0 Å². The highest BCUT2D eigenvalue weighted by molar-refractivity contribution is 5.83. The summed E-state index contributed by atoms with van der Waals surface area (Å²) >= 11 is 0. The molecule has 1 aliphatic rings. The van der Waals surface area contributed by atoms with Crippen molar-refractivity contribution in [2.45, 2.75) is 51.6 Å². The van der Waals surface area contributed by atoms with Gasteiger partial charge in [0, 0.05) is 11.5 Å². The minimum Gasteiger partial charge on any atom is -0.485 e. The fraction of sp³-hybridized carbons (Fsp3) is 0.471. The SMILES string of the molecule is CC(C)O[C@@H]1c2c(ccc3ccc(=O)oc23)OC(C)(C)[C@H]1O. The lowest BCUT2D eigenvalue weighted by molar-refractivity contribution is -0.147. The Morgan fingerprint density at radius 1 is 1.23 bits per heavy atom. The molecule has 0 bridgehead atoms. The Balaban J connectivity index is 2.28. The maximum absolute atomic E-state index is 11.6. The van der Waals surface area contributed by atoms with Gasteiger partial charge in [-0.25, -0.2) is 4.79 Å². The van der Waals surface area contributed by atoms with Gasteiger partial charge in [-0.1, -0.05) is 0 Å². The van der Waals surface area contributed by atoms with E-state index in [1.165, 1.54) is 6.07 Å². The number of benzene rings is 1. The van der Waals surface area contributed by atoms with Crippen molar-refractivity contribution in [1.29, 1.82) is 0 Å². The summed E-state index contributed by atoms with van der Waals surface area (Å²) in [5, 5.41) is 11.4. The van der Waals surface area contributed by atoms with Crippen molar-refractivity contribution < 1.29 is 19.0 Å². The topological polar surface area (TPSA) is 68.9 Å². The summed E-state index contributed by atoms with van der Waals surface area (Å²) < 4.78 is 17.2. The molecule has 2 heterocycles. The van der Waals surface area contributed by atoms with Crippen LogP contribution in [0.25, 0.3) is 11.0 Å². The van der Waals surface area contributed by atoms with Gasteiger partial charge in [-0.05, 0) is 45.9 Å². The Hall–Kier alpha value is -1.85. The van der Waals surface area contributed by atoms with Crippen LogP contribution in [0, 0.1) is 0 Å². The summed E-state index contributed by atoms with van der Waals surface area (Å²) in [4.78, 5) is 11.6. The molecule has 0 amide bonds. The van der Waals surface area contributed by atoms with Crippen LogP contribution < -0.4 is 10.4 Å². The molecule has 2 aromatic rings. The molecule has 3 rings (SSSR count). The van der Waals surface area contributed by atoms with E-state index in [-0.39, 0.29) is 6.10 Å². The Bertz CT molecular complexity index is 759. The Kier molecular flexibility index (Phi) is 3.50. The second-order valence-corrected chi connectivity index (χ2v) is 6.41. The highest BCUT2D eigenvalue weighted by atomic mass is 16.5. The van der Waals surface area contributed by atoms with Crippen molar-refractivity contribution >= 4 is 11.0 Å². The molecule has 0 saturated heterocycles. The monoisotopic (exact) mass is 304 g/mol. The second kappa shape index (κ2) is 5.11. The van der Waals surface area contributed by atoms with Crippen LogP contribution in [-0.2, 0) is 4.74 Å². The fourth-order valence-electron chi connectivity index (χ4n) is 2.80. The summed E-state index contributed by atoms with van der Waals surface area (Å²) in [5.74, 6) is 0.572. The van der Waals surface area contributed by atoms with Crippen molar-refractivity contribution in [3.8, 4) is 5.75 Å². The number of fused-ring (bicyclic) bond motifs is 3. The van der Waals surface area contributed by atoms with Gasteiger partial charge in [0.2, 0.25) is 0 Å². The molecule has 118 valence electrons. The first-order valence-electron chi connectivity index (χ1n) is 7.39. The van der Waals surface area contributed by atoms with Crippen molar-refractivity contribution in [2.75, 3.05) is 0 Å². The van der Waals surface area contributed by atoms with E-state index < -0.39 is 23.4 Å². The van der Waals surface area contributed by atoms with Crippen LogP contribution in [0.4, 0.5) is 0 Å². The van der Waals surface area contributed by atoms with Crippen LogP contribution in [0.15, 0.2) is 33.5 Å². The summed E-state index contributed by atoms with van der Waals surface area (Å²) in [6.07, 6.45) is -1.58. The zero-order chi connectivity index (χ0) is 16.1. The lowest BCUT2D eigenvalue weighted by Crippen LogP contribution is -2.50. The third kappa shape index (κ3) is 2.40. The van der Waals surface area contributed by atoms with Gasteiger partial charge < -0.3 is 19.0 Å². The molecular weight excluding hydrogens is 284 g/mol. The number of rotatable bonds is 2. The fourth-order valence-corrected chi connectivity index (χ4v) is 2.80. The first-order chi connectivity index (χ1) is 10.3. The van der Waals surface area contributed by atoms with Crippen LogP contribution in [0.1, 0.15) is 39.4 Å². The first kappa shape index (κ1) is 15.1. The predicted octanol–water partition coefficient (Wildman–Crippen LogP) is 2.79. The molecular formula is C17H20O5. The Morgan fingerprint density at radius 3 is 2.59 bits per heavy atom. The molecule has 1 aromatic heterocycles. The smallest absolute Gasteiger partial charge is 0.336 e. The Morgan fingerprint density at radius 2 is 1.91 bits per heavy atom. The maximum Gasteiger partial charge on any atom is 0.336 e. The molecule has 2 atom stereocenters. The van der Waals surface area contributed by atoms with Crippen LogP contribution >= 0.6 is 0 Å². The average Bonchev–Trinajstić information content (AvgIpc) is 2.42. The molecule has 0 radical (unpaired) electrons. The first-order valence-corrected chi connectivity index (χ1v) is 7.39. The third-order valence-corrected chi connectivity index (χ3v) is 3.86. The largest absolute Gasteiger partial charge is 0.485 e. The van der Waals surface area contributed by atoms with Crippen molar-refractivity contribution in [3.63, 3.8) is 0 Å². The van der Waals surface area contributed by atoms with E-state index in [1.54, 1.807) is 6.07 Å². The minimum atomic E-state index is -0.876. The lowest BCUT2D eigenvalue weighted by atomic mass is 9.87. The molecule has 5 nitrogen and oxygen atoms in total. The van der Waals surface area contributed by atoms with E-state index >= 15 is 0 Å². The van der Waals surface area contributed by atoms with Crippen LogP contribution in [-0.4, -0.2) is 22.9 Å². The van der Waals surface area contributed by atoms with Crippen molar-refractivity contribution in [3.05, 3.63) is 40.2 Å². The number of hydrogen-bond donors (Lipinski definition) is 1. The Labute approximate surface area is 128 Å². The summed E-state index contributed by atoms with van der Waals surface area (Å²) in [6.45, 7) is 7.41. The van der Waals surface area contributed by atoms with Crippen molar-refractivity contribution in [2.24, 2.45) is 0 Å². The number of aliphatic hydroxyl groups excluding tert-OH is 1. The molecule has 1 N–H and O–H groups in total. The van der Waals surface area contributed by atoms with Crippen LogP contribution in [0.2, 0.25) is 0 Å². The minimum absolute atomic E-state index is 0.0907. The average molecular weight is 304 g/mol. The molecule has 5 heteroatoms. The van der Waals surface area contributed by atoms with Gasteiger partial charge in [-0.3, -0.25) is 0 Å². The van der Waals surface area contributed by atoms with Gasteiger partial charge in [0.05, 0.1) is 11.7 Å². The van der Waals surface area contributed by atoms with Gasteiger partial charge >= 0.3 is 5.63 Å². The quantitative estimate of drug-likeness (QED) is 0.864. The van der Waals surface area contributed by atoms with Crippen LogP contribution in [0.5, 0.6) is 5.75 Å². The zero-order valence-corrected chi connectivity index (χ0v) is 13.1. The van der Waals surface area contributed by atoms with E-state index in [0.29, 0.717) is 16.9 Å². The molecule has 22 heavy (non-hydrogen) atoms. The highest BCUT2D eigenvalue weighted by Crippen LogP contribution is 2.45. The molecule has 0 unspecified atom stereocenters. The molecule has 1 aromatic carbocycles. The number of hydrogen-bond acceptors (Lipinski definition) is 5. The zero-order valence-electron chi connectivity index (χ0n) is 13.1. The molecule has 0 aliphatic carbocycles. The van der Waals surface area contributed by atoms with E-state index in [0.717, 1.165) is 5.39 Å². The molecule has 1 aliphatic heterocycles. The van der Waals surface area contributed by atoms with Gasteiger partial charge in [0.1, 0.15) is 29.1 Å². The normalized spacial score (nSPS) is 23.4. The standard InChI is InChI=1S/C17H20O5/c1-9(2)20-15-13-11(22-17(3,4)16(15)19)7-5-10-6-8-12(18)21-14(10)13/h5-9,15-16,19H,1-4H3/t15-,16+/m1/s1. The van der Waals surface area contributed by atoms with Gasteiger partial charge in [-0.2, -0.15) is 0 Å². The van der Waals surface area contributed by atoms with Gasteiger partial charge in [0.25, 0.3) is 0 Å². The number of ether oxygens (including phenoxy) is 2. The van der Waals surface area contributed by atoms with Gasteiger partial charge in [-0.15, -0.1) is 0 Å². The summed E-state index contributed by atoms with van der Waals surface area (Å²) in [7, 11) is 0. The highest BCUT2D eigenvalue weighted by Gasteiger charge is 2.45. The third-order valence-electron chi connectivity index (χ3n) is 3.86. The van der Waals surface area contributed by atoms with E-state index in [1.807, 2.05) is 39.8 Å². The number of aliphatic hydroxyl groups is 1. The predicted molar refractivity (Wildman–Crippen MR) is 82.2 cm³/mol. The molecule has 0 saturated carbocycles. The van der Waals surface area contributed by atoms with Crippen molar-refractivity contribution in [1.82, 2.24) is 0 Å². The van der Waals surface area contributed by atoms with E-state index in [4.69, 9.17) is 13.9 Å². The maximum atomic E-state index is 11.6. The summed E-state index contributed by atoms with van der Waals surface area (Å²) in [5.41, 5.74) is -0.237. The second-order valence-electron chi connectivity index (χ2n) is 6.41.